The summed E-state index contributed by atoms with van der Waals surface area (Å²) in [5.41, 5.74) is 2.33. The molecule has 0 saturated carbocycles. The maximum atomic E-state index is 4.18. The highest BCUT2D eigenvalue weighted by atomic mass is 32.2. The summed E-state index contributed by atoms with van der Waals surface area (Å²) < 4.78 is 0. The molecule has 0 fully saturated rings. The maximum absolute atomic E-state index is 4.18. The topological polar surface area (TPSA) is 0 Å². The summed E-state index contributed by atoms with van der Waals surface area (Å²) in [6, 6.07) is 0. The largest absolute Gasteiger partial charge is 0.161 e. The first kappa shape index (κ1) is 16.1. The number of rotatable bonds is 6. The van der Waals surface area contributed by atoms with Crippen molar-refractivity contribution in [1.82, 2.24) is 0 Å². The summed E-state index contributed by atoms with van der Waals surface area (Å²) in [5, 5.41) is 0. The van der Waals surface area contributed by atoms with Gasteiger partial charge in [-0.3, -0.25) is 0 Å². The fourth-order valence-electron chi connectivity index (χ4n) is 1.27. The summed E-state index contributed by atoms with van der Waals surface area (Å²) in [5.74, 6) is 2.49. The first-order valence-corrected chi connectivity index (χ1v) is 7.50. The van der Waals surface area contributed by atoms with Crippen LogP contribution in [0.25, 0.3) is 0 Å². The normalized spacial score (nSPS) is 12.9. The Labute approximate surface area is 107 Å². The van der Waals surface area contributed by atoms with E-state index in [9.17, 15) is 0 Å². The fourth-order valence-corrected chi connectivity index (χ4v) is 2.46. The molecule has 0 saturated heterocycles. The van der Waals surface area contributed by atoms with Crippen molar-refractivity contribution >= 4 is 11.8 Å². The lowest BCUT2D eigenvalue weighted by Crippen LogP contribution is -2.09. The lowest BCUT2D eigenvalue weighted by atomic mass is 9.88. The first-order chi connectivity index (χ1) is 7.10. The van der Waals surface area contributed by atoms with Gasteiger partial charge in [0.25, 0.3) is 0 Å². The standard InChI is InChI=1S/C15H30S/c1-13(8-10-14(2,3)4)9-11-16-12-15(5,6)7/h1,8-12H2,2-7H3. The average Bonchev–Trinajstić information content (AvgIpc) is 2.06. The molecule has 0 nitrogen and oxygen atoms in total. The third-order valence-electron chi connectivity index (χ3n) is 2.36. The lowest BCUT2D eigenvalue weighted by molar-refractivity contribution is 0.376. The lowest BCUT2D eigenvalue weighted by Gasteiger charge is -2.19. The van der Waals surface area contributed by atoms with Crippen LogP contribution < -0.4 is 0 Å². The molecule has 0 amide bonds. The molecule has 0 aromatic rings. The van der Waals surface area contributed by atoms with E-state index in [2.05, 4.69) is 59.9 Å². The molecule has 0 spiro atoms. The van der Waals surface area contributed by atoms with Gasteiger partial charge in [0.1, 0.15) is 0 Å². The maximum Gasteiger partial charge on any atom is -0.00186 e. The summed E-state index contributed by atoms with van der Waals surface area (Å²) in [7, 11) is 0. The Balaban J connectivity index is 3.52. The molecule has 0 radical (unpaired) electrons. The van der Waals surface area contributed by atoms with E-state index >= 15 is 0 Å². The summed E-state index contributed by atoms with van der Waals surface area (Å²) in [4.78, 5) is 0. The Morgan fingerprint density at radius 1 is 0.938 bits per heavy atom. The molecule has 16 heavy (non-hydrogen) atoms. The quantitative estimate of drug-likeness (QED) is 0.435. The van der Waals surface area contributed by atoms with Gasteiger partial charge in [0.2, 0.25) is 0 Å². The fraction of sp³-hybridized carbons (Fsp3) is 0.867. The molecule has 0 aromatic heterocycles. The summed E-state index contributed by atoms with van der Waals surface area (Å²) >= 11 is 2.06. The zero-order valence-corrected chi connectivity index (χ0v) is 13.0. The molecule has 0 rings (SSSR count). The highest BCUT2D eigenvalue weighted by Crippen LogP contribution is 2.26. The van der Waals surface area contributed by atoms with Gasteiger partial charge < -0.3 is 0 Å². The smallest absolute Gasteiger partial charge is 0.00186 e. The second kappa shape index (κ2) is 6.74. The minimum atomic E-state index is 0.446. The van der Waals surface area contributed by atoms with Gasteiger partial charge in [0.05, 0.1) is 0 Å². The van der Waals surface area contributed by atoms with Crippen LogP contribution in [-0.4, -0.2) is 11.5 Å². The van der Waals surface area contributed by atoms with Crippen LogP contribution in [0.4, 0.5) is 0 Å². The third-order valence-corrected chi connectivity index (χ3v) is 3.93. The van der Waals surface area contributed by atoms with E-state index in [1.165, 1.54) is 36.3 Å². The zero-order valence-electron chi connectivity index (χ0n) is 12.2. The van der Waals surface area contributed by atoms with Crippen LogP contribution in [0, 0.1) is 10.8 Å². The molecule has 0 aromatic carbocycles. The number of allylic oxidation sites excluding steroid dienone is 1. The van der Waals surface area contributed by atoms with Crippen molar-refractivity contribution < 1.29 is 0 Å². The molecule has 0 atom stereocenters. The van der Waals surface area contributed by atoms with Gasteiger partial charge in [-0.25, -0.2) is 0 Å². The highest BCUT2D eigenvalue weighted by molar-refractivity contribution is 7.99. The van der Waals surface area contributed by atoms with Crippen molar-refractivity contribution in [3.05, 3.63) is 12.2 Å². The highest BCUT2D eigenvalue weighted by Gasteiger charge is 2.11. The minimum absolute atomic E-state index is 0.446. The van der Waals surface area contributed by atoms with Gasteiger partial charge in [-0.2, -0.15) is 11.8 Å². The van der Waals surface area contributed by atoms with E-state index in [0.29, 0.717) is 10.8 Å². The van der Waals surface area contributed by atoms with Gasteiger partial charge in [0.15, 0.2) is 0 Å². The van der Waals surface area contributed by atoms with Crippen LogP contribution in [0.15, 0.2) is 12.2 Å². The molecular weight excluding hydrogens is 212 g/mol. The Bertz CT molecular complexity index is 202. The van der Waals surface area contributed by atoms with Gasteiger partial charge >= 0.3 is 0 Å². The number of hydrogen-bond acceptors (Lipinski definition) is 1. The molecule has 0 heterocycles. The monoisotopic (exact) mass is 242 g/mol. The molecule has 0 aliphatic carbocycles. The van der Waals surface area contributed by atoms with E-state index in [4.69, 9.17) is 0 Å². The van der Waals surface area contributed by atoms with Crippen molar-refractivity contribution in [2.24, 2.45) is 10.8 Å². The Hall–Kier alpha value is 0.0900. The van der Waals surface area contributed by atoms with Crippen LogP contribution >= 0.6 is 11.8 Å². The zero-order chi connectivity index (χ0) is 12.8. The number of hydrogen-bond donors (Lipinski definition) is 0. The molecular formula is C15H30S. The van der Waals surface area contributed by atoms with Crippen LogP contribution in [0.3, 0.4) is 0 Å². The third kappa shape index (κ3) is 12.2. The van der Waals surface area contributed by atoms with Gasteiger partial charge in [-0.1, -0.05) is 53.7 Å². The second-order valence-corrected chi connectivity index (χ2v) is 8.28. The summed E-state index contributed by atoms with van der Waals surface area (Å²) in [6.07, 6.45) is 3.65. The minimum Gasteiger partial charge on any atom is -0.161 e. The van der Waals surface area contributed by atoms with Gasteiger partial charge in [-0.05, 0) is 41.6 Å². The van der Waals surface area contributed by atoms with Crippen molar-refractivity contribution in [1.29, 1.82) is 0 Å². The Morgan fingerprint density at radius 2 is 1.50 bits per heavy atom. The molecule has 0 N–H and O–H groups in total. The second-order valence-electron chi connectivity index (χ2n) is 7.17. The van der Waals surface area contributed by atoms with Crippen LogP contribution in [-0.2, 0) is 0 Å². The van der Waals surface area contributed by atoms with Crippen LogP contribution in [0.2, 0.25) is 0 Å². The average molecular weight is 242 g/mol. The molecule has 1 heteroatoms. The van der Waals surface area contributed by atoms with E-state index in [1.807, 2.05) is 0 Å². The Morgan fingerprint density at radius 3 is 1.94 bits per heavy atom. The van der Waals surface area contributed by atoms with E-state index in [1.54, 1.807) is 0 Å². The molecule has 0 bridgehead atoms. The predicted octanol–water partition coefficient (Wildman–Crippen LogP) is 5.54. The van der Waals surface area contributed by atoms with Crippen molar-refractivity contribution in [3.63, 3.8) is 0 Å². The first-order valence-electron chi connectivity index (χ1n) is 6.35. The van der Waals surface area contributed by atoms with Gasteiger partial charge in [0, 0.05) is 0 Å². The van der Waals surface area contributed by atoms with Gasteiger partial charge in [-0.15, -0.1) is 0 Å². The van der Waals surface area contributed by atoms with Crippen LogP contribution in [0.1, 0.15) is 60.8 Å². The van der Waals surface area contributed by atoms with Crippen molar-refractivity contribution in [3.8, 4) is 0 Å². The van der Waals surface area contributed by atoms with Crippen LogP contribution in [0.5, 0.6) is 0 Å². The number of thioether (sulfide) groups is 1. The SMILES string of the molecule is C=C(CCSCC(C)(C)C)CCC(C)(C)C. The summed E-state index contributed by atoms with van der Waals surface area (Å²) in [6.45, 7) is 18.0. The molecule has 0 aliphatic rings. The van der Waals surface area contributed by atoms with Crippen molar-refractivity contribution in [2.75, 3.05) is 11.5 Å². The van der Waals surface area contributed by atoms with E-state index in [0.717, 1.165) is 0 Å². The van der Waals surface area contributed by atoms with Crippen molar-refractivity contribution in [2.45, 2.75) is 60.8 Å². The Kier molecular flexibility index (Phi) is 6.77. The predicted molar refractivity (Wildman–Crippen MR) is 79.2 cm³/mol. The van der Waals surface area contributed by atoms with E-state index in [-0.39, 0.29) is 0 Å². The molecule has 0 unspecified atom stereocenters. The van der Waals surface area contributed by atoms with E-state index < -0.39 is 0 Å². The molecule has 96 valence electrons. The molecule has 0 aliphatic heterocycles.